The SMILES string of the molecule is CCO[Si](CCCSCc1ccc2c(c1)C(=O)c1ccccc1-2)(OCC)OCC. The van der Waals surface area contributed by atoms with Crippen LogP contribution in [0.3, 0.4) is 0 Å². The van der Waals surface area contributed by atoms with E-state index in [0.717, 1.165) is 46.2 Å². The molecule has 2 aromatic carbocycles. The van der Waals surface area contributed by atoms with Crippen LogP contribution in [-0.2, 0) is 19.0 Å². The highest BCUT2D eigenvalue weighted by atomic mass is 32.2. The molecular weight excluding hydrogens is 400 g/mol. The molecule has 3 rings (SSSR count). The van der Waals surface area contributed by atoms with E-state index in [2.05, 4.69) is 18.2 Å². The van der Waals surface area contributed by atoms with Crippen molar-refractivity contribution in [3.63, 3.8) is 0 Å². The number of rotatable bonds is 12. The number of thioether (sulfide) groups is 1. The van der Waals surface area contributed by atoms with Gasteiger partial charge in [0, 0.05) is 42.7 Å². The summed E-state index contributed by atoms with van der Waals surface area (Å²) >= 11 is 1.88. The molecule has 0 fully saturated rings. The molecule has 1 aliphatic rings. The summed E-state index contributed by atoms with van der Waals surface area (Å²) in [4.78, 5) is 12.7. The van der Waals surface area contributed by atoms with Crippen LogP contribution in [0.1, 0.15) is 48.7 Å². The molecular formula is C23H30O4SSi. The van der Waals surface area contributed by atoms with Gasteiger partial charge in [0.1, 0.15) is 0 Å². The molecule has 0 heterocycles. The van der Waals surface area contributed by atoms with Crippen LogP contribution in [0.15, 0.2) is 42.5 Å². The second-order valence-electron chi connectivity index (χ2n) is 6.89. The van der Waals surface area contributed by atoms with Crippen molar-refractivity contribution in [3.05, 3.63) is 59.2 Å². The normalized spacial score (nSPS) is 12.9. The molecule has 6 heteroatoms. The Kier molecular flexibility index (Phi) is 8.09. The minimum absolute atomic E-state index is 0.142. The molecule has 0 saturated heterocycles. The van der Waals surface area contributed by atoms with Gasteiger partial charge in [0.25, 0.3) is 0 Å². The lowest BCUT2D eigenvalue weighted by Gasteiger charge is -2.28. The number of fused-ring (bicyclic) bond motifs is 3. The first-order valence-corrected chi connectivity index (χ1v) is 13.5. The van der Waals surface area contributed by atoms with Crippen LogP contribution in [0.25, 0.3) is 11.1 Å². The van der Waals surface area contributed by atoms with Crippen molar-refractivity contribution in [3.8, 4) is 11.1 Å². The summed E-state index contributed by atoms with van der Waals surface area (Å²) < 4.78 is 17.7. The first kappa shape index (κ1) is 22.2. The Hall–Kier alpha value is -1.44. The monoisotopic (exact) mass is 430 g/mol. The standard InChI is InChI=1S/C23H30O4SSi/c1-4-25-29(26-5-2,27-6-3)15-9-14-28-17-18-12-13-20-19-10-7-8-11-21(19)23(24)22(20)16-18/h7-8,10-13,16H,4-6,9,14-15,17H2,1-3H3. The Morgan fingerprint density at radius 2 is 1.45 bits per heavy atom. The summed E-state index contributed by atoms with van der Waals surface area (Å²) in [6, 6.07) is 15.0. The second-order valence-corrected chi connectivity index (χ2v) is 10.7. The number of benzene rings is 2. The molecule has 0 N–H and O–H groups in total. The Morgan fingerprint density at radius 1 is 0.828 bits per heavy atom. The van der Waals surface area contributed by atoms with E-state index in [1.165, 1.54) is 5.56 Å². The molecule has 0 saturated carbocycles. The van der Waals surface area contributed by atoms with Crippen molar-refractivity contribution in [2.24, 2.45) is 0 Å². The Labute approximate surface area is 179 Å². The number of hydrogen-bond acceptors (Lipinski definition) is 5. The first-order chi connectivity index (χ1) is 14.1. The van der Waals surface area contributed by atoms with Gasteiger partial charge in [0.2, 0.25) is 0 Å². The molecule has 0 aromatic heterocycles. The molecule has 1 aliphatic carbocycles. The van der Waals surface area contributed by atoms with Crippen LogP contribution in [-0.4, -0.2) is 40.2 Å². The highest BCUT2D eigenvalue weighted by Crippen LogP contribution is 2.37. The van der Waals surface area contributed by atoms with Crippen molar-refractivity contribution < 1.29 is 18.1 Å². The highest BCUT2D eigenvalue weighted by Gasteiger charge is 2.39. The average molecular weight is 431 g/mol. The van der Waals surface area contributed by atoms with E-state index in [1.54, 1.807) is 0 Å². The van der Waals surface area contributed by atoms with Crippen LogP contribution >= 0.6 is 11.8 Å². The minimum atomic E-state index is -2.54. The van der Waals surface area contributed by atoms with E-state index in [0.29, 0.717) is 19.8 Å². The summed E-state index contributed by atoms with van der Waals surface area (Å²) in [5, 5.41) is 0. The lowest BCUT2D eigenvalue weighted by atomic mass is 10.0. The zero-order valence-corrected chi connectivity index (χ0v) is 19.3. The second kappa shape index (κ2) is 10.5. The maximum atomic E-state index is 12.7. The topological polar surface area (TPSA) is 44.8 Å². The van der Waals surface area contributed by atoms with Gasteiger partial charge in [-0.05, 0) is 55.7 Å². The summed E-state index contributed by atoms with van der Waals surface area (Å²) in [5.41, 5.74) is 4.95. The largest absolute Gasteiger partial charge is 0.500 e. The molecule has 0 aliphatic heterocycles. The molecule has 156 valence electrons. The number of ketones is 1. The molecule has 2 aromatic rings. The van der Waals surface area contributed by atoms with Crippen molar-refractivity contribution in [1.29, 1.82) is 0 Å². The molecule has 4 nitrogen and oxygen atoms in total. The summed E-state index contributed by atoms with van der Waals surface area (Å²) in [5.74, 6) is 2.04. The Morgan fingerprint density at radius 3 is 2.10 bits per heavy atom. The number of hydrogen-bond donors (Lipinski definition) is 0. The number of carbonyl (C=O) groups excluding carboxylic acids is 1. The predicted octanol–water partition coefficient (Wildman–Crippen LogP) is 5.57. The van der Waals surface area contributed by atoms with E-state index >= 15 is 0 Å². The van der Waals surface area contributed by atoms with Crippen molar-refractivity contribution >= 4 is 26.3 Å². The lowest BCUT2D eigenvalue weighted by molar-refractivity contribution is 0.0712. The quantitative estimate of drug-likeness (QED) is 0.278. The van der Waals surface area contributed by atoms with E-state index in [-0.39, 0.29) is 5.78 Å². The van der Waals surface area contributed by atoms with E-state index in [1.807, 2.05) is 56.8 Å². The van der Waals surface area contributed by atoms with Gasteiger partial charge in [-0.3, -0.25) is 4.79 Å². The van der Waals surface area contributed by atoms with Gasteiger partial charge in [-0.2, -0.15) is 11.8 Å². The first-order valence-electron chi connectivity index (χ1n) is 10.4. The van der Waals surface area contributed by atoms with Crippen LogP contribution in [0.5, 0.6) is 0 Å². The van der Waals surface area contributed by atoms with Crippen LogP contribution < -0.4 is 0 Å². The Bertz CT molecular complexity index is 822. The zero-order chi connectivity index (χ0) is 20.7. The Balaban J connectivity index is 1.53. The maximum absolute atomic E-state index is 12.7. The third-order valence-electron chi connectivity index (χ3n) is 4.92. The van der Waals surface area contributed by atoms with Crippen LogP contribution in [0.4, 0.5) is 0 Å². The van der Waals surface area contributed by atoms with Crippen LogP contribution in [0.2, 0.25) is 6.04 Å². The van der Waals surface area contributed by atoms with Gasteiger partial charge in [-0.1, -0.05) is 36.4 Å². The van der Waals surface area contributed by atoms with Gasteiger partial charge >= 0.3 is 8.80 Å². The lowest BCUT2D eigenvalue weighted by Crippen LogP contribution is -2.46. The molecule has 0 bridgehead atoms. The number of carbonyl (C=O) groups is 1. The fourth-order valence-electron chi connectivity index (χ4n) is 3.75. The van der Waals surface area contributed by atoms with Gasteiger partial charge in [0.05, 0.1) is 0 Å². The van der Waals surface area contributed by atoms with Gasteiger partial charge in [0.15, 0.2) is 5.78 Å². The summed E-state index contributed by atoms with van der Waals surface area (Å²) in [6.07, 6.45) is 0.992. The third kappa shape index (κ3) is 5.19. The minimum Gasteiger partial charge on any atom is -0.374 e. The molecule has 0 spiro atoms. The maximum Gasteiger partial charge on any atom is 0.500 e. The van der Waals surface area contributed by atoms with Crippen molar-refractivity contribution in [2.45, 2.75) is 39.0 Å². The summed E-state index contributed by atoms with van der Waals surface area (Å²) in [6.45, 7) is 7.81. The fourth-order valence-corrected chi connectivity index (χ4v) is 7.52. The highest BCUT2D eigenvalue weighted by molar-refractivity contribution is 7.98. The smallest absolute Gasteiger partial charge is 0.374 e. The van der Waals surface area contributed by atoms with E-state index in [4.69, 9.17) is 13.3 Å². The van der Waals surface area contributed by atoms with Crippen molar-refractivity contribution in [2.75, 3.05) is 25.6 Å². The van der Waals surface area contributed by atoms with Crippen molar-refractivity contribution in [1.82, 2.24) is 0 Å². The molecule has 0 radical (unpaired) electrons. The van der Waals surface area contributed by atoms with Gasteiger partial charge in [-0.25, -0.2) is 0 Å². The van der Waals surface area contributed by atoms with Gasteiger partial charge in [-0.15, -0.1) is 0 Å². The third-order valence-corrected chi connectivity index (χ3v) is 9.19. The molecule has 0 amide bonds. The zero-order valence-electron chi connectivity index (χ0n) is 17.5. The van der Waals surface area contributed by atoms with Gasteiger partial charge < -0.3 is 13.3 Å². The molecule has 0 unspecified atom stereocenters. The molecule has 29 heavy (non-hydrogen) atoms. The average Bonchev–Trinajstić information content (AvgIpc) is 3.01. The van der Waals surface area contributed by atoms with E-state index < -0.39 is 8.80 Å². The molecule has 0 atom stereocenters. The summed E-state index contributed by atoms with van der Waals surface area (Å²) in [7, 11) is -2.54. The van der Waals surface area contributed by atoms with Crippen LogP contribution in [0, 0.1) is 0 Å². The van der Waals surface area contributed by atoms with E-state index in [9.17, 15) is 4.79 Å². The fraction of sp³-hybridized carbons (Fsp3) is 0.435. The predicted molar refractivity (Wildman–Crippen MR) is 122 cm³/mol.